The Balaban J connectivity index is 2.10. The minimum atomic E-state index is 1.01. The molecule has 0 bridgehead atoms. The van der Waals surface area contributed by atoms with E-state index in [9.17, 15) is 0 Å². The van der Waals surface area contributed by atoms with Gasteiger partial charge >= 0.3 is 0 Å². The minimum Gasteiger partial charge on any atom is -0.376 e. The lowest BCUT2D eigenvalue weighted by molar-refractivity contribution is 0.575. The number of rotatable bonds is 0. The average molecular weight is 168 g/mol. The number of aliphatic imine (C=N–C) groups is 1. The second kappa shape index (κ2) is 7.14. The van der Waals surface area contributed by atoms with E-state index in [1.807, 2.05) is 6.34 Å². The molecule has 0 atom stereocenters. The Morgan fingerprint density at radius 1 is 0.833 bits per heavy atom. The molecule has 12 heavy (non-hydrogen) atoms. The molecule has 0 aromatic rings. The zero-order valence-corrected chi connectivity index (χ0v) is 7.89. The first-order chi connectivity index (χ1) is 6.00. The van der Waals surface area contributed by atoms with Gasteiger partial charge in [-0.1, -0.05) is 32.1 Å². The van der Waals surface area contributed by atoms with E-state index < -0.39 is 0 Å². The highest BCUT2D eigenvalue weighted by Gasteiger charge is 1.92. The fourth-order valence-electron chi connectivity index (χ4n) is 1.51. The van der Waals surface area contributed by atoms with Crippen LogP contribution in [0.25, 0.3) is 0 Å². The number of hydrogen-bond donors (Lipinski definition) is 1. The topological polar surface area (TPSA) is 24.4 Å². The summed E-state index contributed by atoms with van der Waals surface area (Å²) >= 11 is 0. The van der Waals surface area contributed by atoms with Crippen molar-refractivity contribution >= 4 is 6.34 Å². The SMILES string of the molecule is C1=NCCCCCCCCCN1. The van der Waals surface area contributed by atoms with Gasteiger partial charge in [0, 0.05) is 13.1 Å². The van der Waals surface area contributed by atoms with Crippen molar-refractivity contribution in [3.63, 3.8) is 0 Å². The summed E-state index contributed by atoms with van der Waals surface area (Å²) in [5.41, 5.74) is 0. The summed E-state index contributed by atoms with van der Waals surface area (Å²) in [4.78, 5) is 4.27. The largest absolute Gasteiger partial charge is 0.376 e. The van der Waals surface area contributed by atoms with Crippen molar-refractivity contribution in [1.82, 2.24) is 5.32 Å². The smallest absolute Gasteiger partial charge is 0.0823 e. The molecule has 2 nitrogen and oxygen atoms in total. The average Bonchev–Trinajstić information content (AvgIpc) is 2.05. The second-order valence-corrected chi connectivity index (χ2v) is 3.46. The molecule has 0 aromatic carbocycles. The summed E-state index contributed by atoms with van der Waals surface area (Å²) in [6.07, 6.45) is 11.4. The maximum atomic E-state index is 4.27. The molecular formula is C10H20N2. The summed E-state index contributed by atoms with van der Waals surface area (Å²) in [5.74, 6) is 0. The van der Waals surface area contributed by atoms with Crippen molar-refractivity contribution in [1.29, 1.82) is 0 Å². The monoisotopic (exact) mass is 168 g/mol. The van der Waals surface area contributed by atoms with Gasteiger partial charge in [0.25, 0.3) is 0 Å². The molecule has 0 spiro atoms. The molecule has 0 aromatic heterocycles. The fourth-order valence-corrected chi connectivity index (χ4v) is 1.51. The van der Waals surface area contributed by atoms with Gasteiger partial charge in [0.15, 0.2) is 0 Å². The molecule has 0 unspecified atom stereocenters. The van der Waals surface area contributed by atoms with Gasteiger partial charge in [-0.05, 0) is 12.8 Å². The molecule has 1 rings (SSSR count). The van der Waals surface area contributed by atoms with E-state index in [2.05, 4.69) is 10.3 Å². The predicted octanol–water partition coefficient (Wildman–Crippen LogP) is 2.35. The zero-order chi connectivity index (χ0) is 8.49. The Morgan fingerprint density at radius 2 is 1.50 bits per heavy atom. The van der Waals surface area contributed by atoms with Gasteiger partial charge in [0.2, 0.25) is 0 Å². The van der Waals surface area contributed by atoms with Gasteiger partial charge in [-0.15, -0.1) is 0 Å². The zero-order valence-electron chi connectivity index (χ0n) is 7.89. The molecule has 0 aliphatic carbocycles. The van der Waals surface area contributed by atoms with Crippen LogP contribution in [0.2, 0.25) is 0 Å². The quantitative estimate of drug-likeness (QED) is 0.590. The van der Waals surface area contributed by atoms with Crippen LogP contribution >= 0.6 is 0 Å². The van der Waals surface area contributed by atoms with Crippen LogP contribution < -0.4 is 5.32 Å². The Bertz CT molecular complexity index is 107. The highest BCUT2D eigenvalue weighted by atomic mass is 14.9. The highest BCUT2D eigenvalue weighted by molar-refractivity contribution is 5.53. The van der Waals surface area contributed by atoms with E-state index in [1.54, 1.807) is 0 Å². The van der Waals surface area contributed by atoms with E-state index in [-0.39, 0.29) is 0 Å². The summed E-state index contributed by atoms with van der Waals surface area (Å²) in [6.45, 7) is 2.11. The van der Waals surface area contributed by atoms with E-state index in [0.717, 1.165) is 13.1 Å². The molecule has 0 fully saturated rings. The lowest BCUT2D eigenvalue weighted by atomic mass is 10.1. The molecule has 0 saturated carbocycles. The molecule has 0 radical (unpaired) electrons. The Labute approximate surface area is 75.5 Å². The lowest BCUT2D eigenvalue weighted by Gasteiger charge is -2.03. The summed E-state index contributed by atoms with van der Waals surface area (Å²) in [5, 5.41) is 3.21. The van der Waals surface area contributed by atoms with Crippen molar-refractivity contribution < 1.29 is 0 Å². The molecule has 0 saturated heterocycles. The molecular weight excluding hydrogens is 148 g/mol. The molecule has 1 aliphatic rings. The van der Waals surface area contributed by atoms with E-state index >= 15 is 0 Å². The second-order valence-electron chi connectivity index (χ2n) is 3.46. The van der Waals surface area contributed by atoms with E-state index in [1.165, 1.54) is 44.9 Å². The lowest BCUT2D eigenvalue weighted by Crippen LogP contribution is -2.13. The first kappa shape index (κ1) is 9.56. The molecule has 70 valence electrons. The third-order valence-electron chi connectivity index (χ3n) is 2.29. The van der Waals surface area contributed by atoms with Gasteiger partial charge < -0.3 is 5.32 Å². The van der Waals surface area contributed by atoms with Gasteiger partial charge in [-0.25, -0.2) is 0 Å². The minimum absolute atomic E-state index is 1.01. The van der Waals surface area contributed by atoms with Gasteiger partial charge in [0.1, 0.15) is 0 Å². The van der Waals surface area contributed by atoms with Crippen LogP contribution in [0.5, 0.6) is 0 Å². The predicted molar refractivity (Wildman–Crippen MR) is 53.7 cm³/mol. The molecule has 2 heteroatoms. The highest BCUT2D eigenvalue weighted by Crippen LogP contribution is 2.07. The third kappa shape index (κ3) is 5.16. The van der Waals surface area contributed by atoms with Crippen molar-refractivity contribution in [2.45, 2.75) is 44.9 Å². The van der Waals surface area contributed by atoms with Gasteiger partial charge in [-0.2, -0.15) is 0 Å². The summed E-state index contributed by atoms with van der Waals surface area (Å²) in [6, 6.07) is 0. The third-order valence-corrected chi connectivity index (χ3v) is 2.29. The van der Waals surface area contributed by atoms with Crippen molar-refractivity contribution in [3.05, 3.63) is 0 Å². The number of nitrogens with zero attached hydrogens (tertiary/aromatic N) is 1. The van der Waals surface area contributed by atoms with Gasteiger partial charge in [-0.3, -0.25) is 4.99 Å². The molecule has 1 heterocycles. The standard InChI is InChI=1S/C10H20N2/c1-2-4-6-8-11-10-12-9-7-5-3-1/h10H,1-9H2,(H,11,12). The summed E-state index contributed by atoms with van der Waals surface area (Å²) < 4.78 is 0. The van der Waals surface area contributed by atoms with E-state index in [0.29, 0.717) is 0 Å². The van der Waals surface area contributed by atoms with Crippen LogP contribution in [0, 0.1) is 0 Å². The normalized spacial score (nSPS) is 22.0. The summed E-state index contributed by atoms with van der Waals surface area (Å²) in [7, 11) is 0. The Morgan fingerprint density at radius 3 is 2.33 bits per heavy atom. The van der Waals surface area contributed by atoms with Crippen molar-refractivity contribution in [3.8, 4) is 0 Å². The molecule has 0 amide bonds. The molecule has 1 aliphatic heterocycles. The van der Waals surface area contributed by atoms with Crippen LogP contribution in [0.15, 0.2) is 4.99 Å². The Kier molecular flexibility index (Phi) is 5.68. The van der Waals surface area contributed by atoms with Gasteiger partial charge in [0.05, 0.1) is 6.34 Å². The van der Waals surface area contributed by atoms with Crippen molar-refractivity contribution in [2.75, 3.05) is 13.1 Å². The van der Waals surface area contributed by atoms with E-state index in [4.69, 9.17) is 0 Å². The van der Waals surface area contributed by atoms with Crippen LogP contribution in [-0.4, -0.2) is 19.4 Å². The van der Waals surface area contributed by atoms with Crippen LogP contribution in [0.4, 0.5) is 0 Å². The maximum Gasteiger partial charge on any atom is 0.0823 e. The molecule has 1 N–H and O–H groups in total. The van der Waals surface area contributed by atoms with Crippen LogP contribution in [-0.2, 0) is 0 Å². The fraction of sp³-hybridized carbons (Fsp3) is 0.900. The maximum absolute atomic E-state index is 4.27. The first-order valence-electron chi connectivity index (χ1n) is 5.22. The number of hydrogen-bond acceptors (Lipinski definition) is 2. The van der Waals surface area contributed by atoms with Crippen LogP contribution in [0.3, 0.4) is 0 Å². The van der Waals surface area contributed by atoms with Crippen LogP contribution in [0.1, 0.15) is 44.9 Å². The Hall–Kier alpha value is -0.530. The first-order valence-corrected chi connectivity index (χ1v) is 5.22. The number of nitrogens with one attached hydrogen (secondary N) is 1. The van der Waals surface area contributed by atoms with Crippen molar-refractivity contribution in [2.24, 2.45) is 4.99 Å².